The number of benzene rings is 1. The molecule has 16 heavy (non-hydrogen) atoms. The summed E-state index contributed by atoms with van der Waals surface area (Å²) in [6.07, 6.45) is 1.93. The molecule has 3 heteroatoms. The summed E-state index contributed by atoms with van der Waals surface area (Å²) in [5.41, 5.74) is 8.39. The predicted octanol–water partition coefficient (Wildman–Crippen LogP) is 3.16. The van der Waals surface area contributed by atoms with Gasteiger partial charge in [0.15, 0.2) is 5.17 Å². The SMILES string of the molecule is CSC(N)=NCc1ccc(C(C)(C)C)cc1. The summed E-state index contributed by atoms with van der Waals surface area (Å²) in [5.74, 6) is 0. The van der Waals surface area contributed by atoms with E-state index in [4.69, 9.17) is 5.73 Å². The Morgan fingerprint density at radius 3 is 2.25 bits per heavy atom. The van der Waals surface area contributed by atoms with E-state index in [1.54, 1.807) is 0 Å². The summed E-state index contributed by atoms with van der Waals surface area (Å²) in [6, 6.07) is 8.58. The number of nitrogens with two attached hydrogens (primary N) is 1. The Labute approximate surface area is 102 Å². The largest absolute Gasteiger partial charge is 0.379 e. The first-order chi connectivity index (χ1) is 7.43. The second kappa shape index (κ2) is 5.39. The average molecular weight is 236 g/mol. The zero-order chi connectivity index (χ0) is 12.2. The van der Waals surface area contributed by atoms with Gasteiger partial charge < -0.3 is 5.73 Å². The van der Waals surface area contributed by atoms with Gasteiger partial charge in [0.2, 0.25) is 0 Å². The van der Waals surface area contributed by atoms with Crippen molar-refractivity contribution < 1.29 is 0 Å². The first-order valence-corrected chi connectivity index (χ1v) is 6.59. The maximum Gasteiger partial charge on any atom is 0.153 e. The van der Waals surface area contributed by atoms with Gasteiger partial charge in [0.25, 0.3) is 0 Å². The zero-order valence-electron chi connectivity index (χ0n) is 10.4. The molecule has 0 aliphatic rings. The Balaban J connectivity index is 2.73. The maximum absolute atomic E-state index is 5.63. The van der Waals surface area contributed by atoms with Gasteiger partial charge in [0, 0.05) is 0 Å². The lowest BCUT2D eigenvalue weighted by molar-refractivity contribution is 0.590. The second-order valence-electron chi connectivity index (χ2n) is 4.81. The molecule has 88 valence electrons. The summed E-state index contributed by atoms with van der Waals surface area (Å²) in [6.45, 7) is 7.31. The van der Waals surface area contributed by atoms with Gasteiger partial charge >= 0.3 is 0 Å². The minimum Gasteiger partial charge on any atom is -0.379 e. The fourth-order valence-electron chi connectivity index (χ4n) is 1.34. The van der Waals surface area contributed by atoms with E-state index >= 15 is 0 Å². The molecule has 0 saturated heterocycles. The third-order valence-corrected chi connectivity index (χ3v) is 2.99. The highest BCUT2D eigenvalue weighted by Gasteiger charge is 2.12. The summed E-state index contributed by atoms with van der Waals surface area (Å²) in [4.78, 5) is 4.26. The zero-order valence-corrected chi connectivity index (χ0v) is 11.3. The third-order valence-electron chi connectivity index (χ3n) is 2.45. The molecule has 1 rings (SSSR count). The molecule has 0 aliphatic carbocycles. The van der Waals surface area contributed by atoms with E-state index in [1.807, 2.05) is 6.26 Å². The molecule has 0 radical (unpaired) electrons. The Morgan fingerprint density at radius 2 is 1.81 bits per heavy atom. The smallest absolute Gasteiger partial charge is 0.153 e. The first-order valence-electron chi connectivity index (χ1n) is 5.37. The van der Waals surface area contributed by atoms with Crippen molar-refractivity contribution in [2.24, 2.45) is 10.7 Å². The Kier molecular flexibility index (Phi) is 4.42. The second-order valence-corrected chi connectivity index (χ2v) is 5.63. The van der Waals surface area contributed by atoms with Gasteiger partial charge in [-0.25, -0.2) is 0 Å². The molecular formula is C13H20N2S. The Bertz CT molecular complexity index is 361. The van der Waals surface area contributed by atoms with Gasteiger partial charge in [0.05, 0.1) is 6.54 Å². The molecule has 2 N–H and O–H groups in total. The van der Waals surface area contributed by atoms with Crippen molar-refractivity contribution in [1.29, 1.82) is 0 Å². The van der Waals surface area contributed by atoms with E-state index in [-0.39, 0.29) is 5.41 Å². The van der Waals surface area contributed by atoms with Crippen LogP contribution in [-0.2, 0) is 12.0 Å². The van der Waals surface area contributed by atoms with Crippen molar-refractivity contribution in [3.63, 3.8) is 0 Å². The van der Waals surface area contributed by atoms with Gasteiger partial charge in [-0.3, -0.25) is 4.99 Å². The highest BCUT2D eigenvalue weighted by atomic mass is 32.2. The lowest BCUT2D eigenvalue weighted by Crippen LogP contribution is -2.10. The maximum atomic E-state index is 5.63. The van der Waals surface area contributed by atoms with E-state index in [2.05, 4.69) is 50.0 Å². The standard InChI is InChI=1S/C13H20N2S/c1-13(2,3)11-7-5-10(6-8-11)9-15-12(14)16-4/h5-8H,9H2,1-4H3,(H2,14,15). The molecule has 1 aromatic rings. The van der Waals surface area contributed by atoms with Crippen LogP contribution in [0.5, 0.6) is 0 Å². The fourth-order valence-corrected chi connectivity index (χ4v) is 1.54. The van der Waals surface area contributed by atoms with E-state index in [9.17, 15) is 0 Å². The minimum absolute atomic E-state index is 0.208. The molecule has 1 aromatic carbocycles. The number of hydrogen-bond acceptors (Lipinski definition) is 2. The van der Waals surface area contributed by atoms with Gasteiger partial charge in [-0.2, -0.15) is 0 Å². The highest BCUT2D eigenvalue weighted by Crippen LogP contribution is 2.22. The molecule has 0 aromatic heterocycles. The molecule has 0 bridgehead atoms. The highest BCUT2D eigenvalue weighted by molar-refractivity contribution is 8.13. The number of nitrogens with zero attached hydrogens (tertiary/aromatic N) is 1. The first kappa shape index (κ1) is 13.1. The summed E-state index contributed by atoms with van der Waals surface area (Å²) in [5, 5.41) is 0.639. The molecule has 0 atom stereocenters. The average Bonchev–Trinajstić information content (AvgIpc) is 2.25. The van der Waals surface area contributed by atoms with Crippen LogP contribution in [-0.4, -0.2) is 11.4 Å². The normalized spacial score (nSPS) is 12.9. The van der Waals surface area contributed by atoms with Gasteiger partial charge in [-0.15, -0.1) is 0 Å². The van der Waals surface area contributed by atoms with Gasteiger partial charge in [0.1, 0.15) is 0 Å². The quantitative estimate of drug-likeness (QED) is 0.633. The fraction of sp³-hybridized carbons (Fsp3) is 0.462. The minimum atomic E-state index is 0.208. The number of hydrogen-bond donors (Lipinski definition) is 1. The summed E-state index contributed by atoms with van der Waals surface area (Å²) < 4.78 is 0. The van der Waals surface area contributed by atoms with E-state index in [0.717, 1.165) is 0 Å². The molecule has 0 saturated carbocycles. The van der Waals surface area contributed by atoms with Gasteiger partial charge in [-0.1, -0.05) is 56.8 Å². The van der Waals surface area contributed by atoms with Crippen LogP contribution in [0.3, 0.4) is 0 Å². The van der Waals surface area contributed by atoms with Crippen LogP contribution in [0.1, 0.15) is 31.9 Å². The van der Waals surface area contributed by atoms with Crippen LogP contribution < -0.4 is 5.73 Å². The lowest BCUT2D eigenvalue weighted by Gasteiger charge is -2.18. The topological polar surface area (TPSA) is 38.4 Å². The van der Waals surface area contributed by atoms with Crippen molar-refractivity contribution in [2.45, 2.75) is 32.7 Å². The monoisotopic (exact) mass is 236 g/mol. The number of thioether (sulfide) groups is 1. The molecule has 0 amide bonds. The molecular weight excluding hydrogens is 216 g/mol. The molecule has 0 unspecified atom stereocenters. The van der Waals surface area contributed by atoms with Crippen molar-refractivity contribution >= 4 is 16.9 Å². The molecule has 0 aliphatic heterocycles. The number of rotatable bonds is 2. The number of amidine groups is 1. The van der Waals surface area contributed by atoms with Crippen molar-refractivity contribution in [1.82, 2.24) is 0 Å². The van der Waals surface area contributed by atoms with Crippen LogP contribution >= 0.6 is 11.8 Å². The van der Waals surface area contributed by atoms with Crippen LogP contribution in [0.4, 0.5) is 0 Å². The Morgan fingerprint density at radius 1 is 1.25 bits per heavy atom. The number of aliphatic imine (C=N–C) groups is 1. The Hall–Kier alpha value is -0.960. The van der Waals surface area contributed by atoms with Crippen LogP contribution in [0, 0.1) is 0 Å². The molecule has 0 heterocycles. The molecule has 0 fully saturated rings. The van der Waals surface area contributed by atoms with Gasteiger partial charge in [-0.05, 0) is 22.8 Å². The van der Waals surface area contributed by atoms with E-state index < -0.39 is 0 Å². The molecule has 0 spiro atoms. The van der Waals surface area contributed by atoms with Crippen LogP contribution in [0.2, 0.25) is 0 Å². The van der Waals surface area contributed by atoms with Crippen molar-refractivity contribution in [3.05, 3.63) is 35.4 Å². The van der Waals surface area contributed by atoms with Crippen molar-refractivity contribution in [3.8, 4) is 0 Å². The lowest BCUT2D eigenvalue weighted by atomic mass is 9.87. The summed E-state index contributed by atoms with van der Waals surface area (Å²) in [7, 11) is 0. The molecule has 2 nitrogen and oxygen atoms in total. The van der Waals surface area contributed by atoms with E-state index in [0.29, 0.717) is 11.7 Å². The van der Waals surface area contributed by atoms with E-state index in [1.165, 1.54) is 22.9 Å². The third kappa shape index (κ3) is 3.89. The predicted molar refractivity (Wildman–Crippen MR) is 74.0 cm³/mol. The van der Waals surface area contributed by atoms with Crippen LogP contribution in [0.15, 0.2) is 29.3 Å². The van der Waals surface area contributed by atoms with Crippen LogP contribution in [0.25, 0.3) is 0 Å². The van der Waals surface area contributed by atoms with Crippen molar-refractivity contribution in [2.75, 3.05) is 6.26 Å². The summed E-state index contributed by atoms with van der Waals surface area (Å²) >= 11 is 1.48.